The number of sulfonamides is 1. The molecule has 1 amide bonds. The van der Waals surface area contributed by atoms with Crippen molar-refractivity contribution >= 4 is 15.9 Å². The van der Waals surface area contributed by atoms with E-state index in [1.807, 2.05) is 6.92 Å². The molecule has 1 aliphatic heterocycles. The molecule has 0 bridgehead atoms. The number of benzene rings is 1. The third-order valence-corrected chi connectivity index (χ3v) is 7.05. The molecule has 0 spiro atoms. The summed E-state index contributed by atoms with van der Waals surface area (Å²) in [6.45, 7) is 7.40. The topological polar surface area (TPSA) is 92.9 Å². The molecule has 1 aliphatic rings. The van der Waals surface area contributed by atoms with Crippen LogP contribution in [0.3, 0.4) is 0 Å². The van der Waals surface area contributed by atoms with Crippen LogP contribution in [0.2, 0.25) is 0 Å². The van der Waals surface area contributed by atoms with Crippen LogP contribution in [0, 0.1) is 5.92 Å². The van der Waals surface area contributed by atoms with Gasteiger partial charge in [-0.15, -0.1) is 0 Å². The van der Waals surface area contributed by atoms with Gasteiger partial charge in [-0.3, -0.25) is 4.79 Å². The quantitative estimate of drug-likeness (QED) is 0.771. The summed E-state index contributed by atoms with van der Waals surface area (Å²) >= 11 is 0. The van der Waals surface area contributed by atoms with E-state index in [-0.39, 0.29) is 28.3 Å². The number of nitrogens with two attached hydrogens (primary N) is 1. The van der Waals surface area contributed by atoms with Crippen molar-refractivity contribution in [3.8, 4) is 5.75 Å². The molecule has 1 heterocycles. The molecule has 2 atom stereocenters. The number of likely N-dealkylation sites (tertiary alicyclic amines) is 1. The molecule has 1 aromatic rings. The number of carbonyl (C=O) groups is 1. The van der Waals surface area contributed by atoms with Gasteiger partial charge in [0.2, 0.25) is 10.0 Å². The van der Waals surface area contributed by atoms with Crippen LogP contribution in [0.5, 0.6) is 5.75 Å². The second-order valence-electron chi connectivity index (χ2n) is 6.60. The van der Waals surface area contributed by atoms with Crippen LogP contribution in [0.4, 0.5) is 0 Å². The molecular formula is C18H29N3O4S. The molecule has 2 unspecified atom stereocenters. The largest absolute Gasteiger partial charge is 0.496 e. The molecule has 1 fully saturated rings. The first-order valence-electron chi connectivity index (χ1n) is 8.99. The Bertz CT molecular complexity index is 747. The van der Waals surface area contributed by atoms with Gasteiger partial charge in [0.1, 0.15) is 5.75 Å². The number of nitrogens with zero attached hydrogens (tertiary/aromatic N) is 2. The van der Waals surface area contributed by atoms with Crippen LogP contribution in [0.25, 0.3) is 0 Å². The highest BCUT2D eigenvalue weighted by atomic mass is 32.2. The predicted octanol–water partition coefficient (Wildman–Crippen LogP) is 1.54. The summed E-state index contributed by atoms with van der Waals surface area (Å²) in [7, 11) is -2.17. The summed E-state index contributed by atoms with van der Waals surface area (Å²) in [4.78, 5) is 14.9. The van der Waals surface area contributed by atoms with E-state index in [9.17, 15) is 13.2 Å². The van der Waals surface area contributed by atoms with Crippen molar-refractivity contribution in [1.82, 2.24) is 9.21 Å². The van der Waals surface area contributed by atoms with Crippen molar-refractivity contribution < 1.29 is 17.9 Å². The third kappa shape index (κ3) is 3.87. The fourth-order valence-electron chi connectivity index (χ4n) is 3.48. The molecule has 2 rings (SSSR count). The summed E-state index contributed by atoms with van der Waals surface area (Å²) in [6.07, 6.45) is 0.849. The molecule has 0 radical (unpaired) electrons. The normalized spacial score (nSPS) is 20.6. The summed E-state index contributed by atoms with van der Waals surface area (Å²) in [6, 6.07) is 4.52. The molecule has 146 valence electrons. The van der Waals surface area contributed by atoms with E-state index >= 15 is 0 Å². The van der Waals surface area contributed by atoms with Crippen molar-refractivity contribution in [2.75, 3.05) is 33.3 Å². The van der Waals surface area contributed by atoms with Crippen LogP contribution in [0.15, 0.2) is 23.1 Å². The Balaban J connectivity index is 2.44. The van der Waals surface area contributed by atoms with Crippen LogP contribution in [-0.2, 0) is 10.0 Å². The van der Waals surface area contributed by atoms with Gasteiger partial charge in [-0.1, -0.05) is 13.8 Å². The fraction of sp³-hybridized carbons (Fsp3) is 0.611. The van der Waals surface area contributed by atoms with Gasteiger partial charge in [-0.2, -0.15) is 4.31 Å². The van der Waals surface area contributed by atoms with Crippen molar-refractivity contribution in [3.05, 3.63) is 23.8 Å². The summed E-state index contributed by atoms with van der Waals surface area (Å²) in [5.74, 6) is 0.418. The Labute approximate surface area is 156 Å². The van der Waals surface area contributed by atoms with Gasteiger partial charge in [-0.25, -0.2) is 8.42 Å². The van der Waals surface area contributed by atoms with E-state index in [4.69, 9.17) is 10.5 Å². The highest BCUT2D eigenvalue weighted by Crippen LogP contribution is 2.30. The number of rotatable bonds is 7. The Hall–Kier alpha value is -1.64. The second kappa shape index (κ2) is 8.37. The number of hydrogen-bond acceptors (Lipinski definition) is 5. The van der Waals surface area contributed by atoms with Gasteiger partial charge >= 0.3 is 0 Å². The standard InChI is InChI=1S/C18H29N3O4S/c1-5-20(6-2)26(23,24)15-7-8-17(25-4)16(10-15)18(22)21-12-14(11-19)9-13(21)3/h7-8,10,13-14H,5-6,9,11-12,19H2,1-4H3. The third-order valence-electron chi connectivity index (χ3n) is 5.00. The zero-order valence-corrected chi connectivity index (χ0v) is 16.8. The Morgan fingerprint density at radius 2 is 2.00 bits per heavy atom. The molecule has 7 nitrogen and oxygen atoms in total. The number of carbonyl (C=O) groups excluding carboxylic acids is 1. The molecule has 1 aromatic carbocycles. The molecule has 26 heavy (non-hydrogen) atoms. The van der Waals surface area contributed by atoms with Gasteiger partial charge in [0.25, 0.3) is 5.91 Å². The van der Waals surface area contributed by atoms with Gasteiger partial charge in [0, 0.05) is 25.7 Å². The fourth-order valence-corrected chi connectivity index (χ4v) is 4.96. The van der Waals surface area contributed by atoms with Crippen molar-refractivity contribution in [2.45, 2.75) is 38.1 Å². The summed E-state index contributed by atoms with van der Waals surface area (Å²) < 4.78 is 32.3. The lowest BCUT2D eigenvalue weighted by atomic mass is 10.1. The van der Waals surface area contributed by atoms with E-state index in [1.165, 1.54) is 23.5 Å². The SMILES string of the molecule is CCN(CC)S(=O)(=O)c1ccc(OC)c(C(=O)N2CC(CN)CC2C)c1. The number of ether oxygens (including phenoxy) is 1. The van der Waals surface area contributed by atoms with Gasteiger partial charge in [0.05, 0.1) is 17.6 Å². The monoisotopic (exact) mass is 383 g/mol. The molecule has 0 aliphatic carbocycles. The highest BCUT2D eigenvalue weighted by molar-refractivity contribution is 7.89. The minimum Gasteiger partial charge on any atom is -0.496 e. The van der Waals surface area contributed by atoms with E-state index in [1.54, 1.807) is 24.8 Å². The first-order valence-corrected chi connectivity index (χ1v) is 10.4. The van der Waals surface area contributed by atoms with Crippen LogP contribution < -0.4 is 10.5 Å². The van der Waals surface area contributed by atoms with E-state index in [2.05, 4.69) is 0 Å². The van der Waals surface area contributed by atoms with Gasteiger partial charge in [0.15, 0.2) is 0 Å². The maximum atomic E-state index is 13.1. The van der Waals surface area contributed by atoms with E-state index in [0.717, 1.165) is 6.42 Å². The summed E-state index contributed by atoms with van der Waals surface area (Å²) in [5, 5.41) is 0. The molecule has 2 N–H and O–H groups in total. The van der Waals surface area contributed by atoms with Crippen molar-refractivity contribution in [2.24, 2.45) is 11.7 Å². The number of hydrogen-bond donors (Lipinski definition) is 1. The molecule has 0 saturated carbocycles. The average molecular weight is 384 g/mol. The minimum atomic E-state index is -3.65. The van der Waals surface area contributed by atoms with Gasteiger partial charge < -0.3 is 15.4 Å². The second-order valence-corrected chi connectivity index (χ2v) is 8.53. The van der Waals surface area contributed by atoms with Crippen molar-refractivity contribution in [1.29, 1.82) is 0 Å². The minimum absolute atomic E-state index is 0.0591. The zero-order valence-electron chi connectivity index (χ0n) is 15.9. The highest BCUT2D eigenvalue weighted by Gasteiger charge is 2.34. The Kier molecular flexibility index (Phi) is 6.65. The van der Waals surface area contributed by atoms with Crippen LogP contribution in [-0.4, -0.2) is 62.9 Å². The Morgan fingerprint density at radius 1 is 1.35 bits per heavy atom. The Morgan fingerprint density at radius 3 is 2.50 bits per heavy atom. The lowest BCUT2D eigenvalue weighted by Crippen LogP contribution is -2.35. The molecular weight excluding hydrogens is 354 g/mol. The molecule has 0 aromatic heterocycles. The van der Waals surface area contributed by atoms with E-state index < -0.39 is 10.0 Å². The lowest BCUT2D eigenvalue weighted by Gasteiger charge is -2.24. The van der Waals surface area contributed by atoms with Crippen molar-refractivity contribution in [3.63, 3.8) is 0 Å². The maximum Gasteiger partial charge on any atom is 0.257 e. The molecule has 8 heteroatoms. The maximum absolute atomic E-state index is 13.1. The first kappa shape index (κ1) is 20.7. The van der Waals surface area contributed by atoms with Crippen LogP contribution >= 0.6 is 0 Å². The average Bonchev–Trinajstić information content (AvgIpc) is 3.02. The lowest BCUT2D eigenvalue weighted by molar-refractivity contribution is 0.0739. The van der Waals surface area contributed by atoms with Crippen LogP contribution in [0.1, 0.15) is 37.6 Å². The first-order chi connectivity index (χ1) is 12.3. The smallest absolute Gasteiger partial charge is 0.257 e. The zero-order chi connectivity index (χ0) is 19.5. The van der Waals surface area contributed by atoms with Gasteiger partial charge in [-0.05, 0) is 44.0 Å². The number of methoxy groups -OCH3 is 1. The number of amides is 1. The molecule has 1 saturated heterocycles. The summed E-state index contributed by atoms with van der Waals surface area (Å²) in [5.41, 5.74) is 6.02. The van der Waals surface area contributed by atoms with E-state index in [0.29, 0.717) is 31.9 Å². The predicted molar refractivity (Wildman–Crippen MR) is 101 cm³/mol.